The largest absolute Gasteiger partial charge is 0.127 e. The third-order valence-electron chi connectivity index (χ3n) is 6.11. The van der Waals surface area contributed by atoms with Crippen LogP contribution in [0.1, 0.15) is 67.2 Å². The van der Waals surface area contributed by atoms with Gasteiger partial charge >= 0.3 is 0 Å². The summed E-state index contributed by atoms with van der Waals surface area (Å²) in [5.41, 5.74) is 3.66. The lowest BCUT2D eigenvalue weighted by Crippen LogP contribution is -2.42. The topological polar surface area (TPSA) is 0 Å². The summed E-state index contributed by atoms with van der Waals surface area (Å²) in [5.74, 6) is 0.778. The zero-order valence-corrected chi connectivity index (χ0v) is 21.6. The molecule has 0 bridgehead atoms. The van der Waals surface area contributed by atoms with Crippen LogP contribution >= 0.6 is 27.5 Å². The normalized spacial score (nSPS) is 18.4. The van der Waals surface area contributed by atoms with Crippen molar-refractivity contribution in [3.8, 4) is 0 Å². The van der Waals surface area contributed by atoms with Crippen LogP contribution in [0.4, 0.5) is 0 Å². The van der Waals surface area contributed by atoms with Gasteiger partial charge in [-0.3, -0.25) is 0 Å². The highest BCUT2D eigenvalue weighted by atomic mass is 79.9. The summed E-state index contributed by atoms with van der Waals surface area (Å²) in [6.45, 7) is 14.3. The second-order valence-electron chi connectivity index (χ2n) is 10.2. The third kappa shape index (κ3) is 5.11. The van der Waals surface area contributed by atoms with Gasteiger partial charge in [0, 0.05) is 11.2 Å². The Morgan fingerprint density at radius 2 is 1.30 bits per heavy atom. The highest BCUT2D eigenvalue weighted by molar-refractivity contribution is 9.09. The maximum absolute atomic E-state index is 6.26. The standard InChI is InChI=1S/C24H38BrClSi/c1-23(2,3)19-11-7-13-21(19)27(17-9-15-25,18-10-16-26)22-14-8-12-20(22)24(4,5)6/h7-8,11-12H,9-10,13-18H2,1-6H3. The van der Waals surface area contributed by atoms with Gasteiger partial charge in [0.2, 0.25) is 0 Å². The zero-order valence-electron chi connectivity index (χ0n) is 18.2. The summed E-state index contributed by atoms with van der Waals surface area (Å²) in [7, 11) is -1.80. The molecule has 2 aliphatic rings. The second-order valence-corrected chi connectivity index (χ2v) is 15.7. The molecule has 0 spiro atoms. The highest BCUT2D eigenvalue weighted by Gasteiger charge is 2.45. The van der Waals surface area contributed by atoms with Crippen molar-refractivity contribution in [2.75, 3.05) is 11.2 Å². The molecule has 0 fully saturated rings. The average Bonchev–Trinajstić information content (AvgIpc) is 3.24. The molecule has 27 heavy (non-hydrogen) atoms. The Morgan fingerprint density at radius 1 is 0.852 bits per heavy atom. The summed E-state index contributed by atoms with van der Waals surface area (Å²) in [6, 6.07) is 2.65. The van der Waals surface area contributed by atoms with Crippen LogP contribution in [0.25, 0.3) is 0 Å². The van der Waals surface area contributed by atoms with Gasteiger partial charge in [0.1, 0.15) is 8.07 Å². The third-order valence-corrected chi connectivity index (χ3v) is 12.6. The lowest BCUT2D eigenvalue weighted by molar-refractivity contribution is 0.514. The minimum absolute atomic E-state index is 0.213. The quantitative estimate of drug-likeness (QED) is 0.247. The van der Waals surface area contributed by atoms with Crippen molar-refractivity contribution in [3.05, 3.63) is 45.8 Å². The van der Waals surface area contributed by atoms with E-state index < -0.39 is 8.07 Å². The first-order valence-electron chi connectivity index (χ1n) is 10.5. The van der Waals surface area contributed by atoms with Gasteiger partial charge in [-0.05, 0) is 59.7 Å². The van der Waals surface area contributed by atoms with Gasteiger partial charge in [-0.1, -0.05) is 92.2 Å². The van der Waals surface area contributed by atoms with Crippen LogP contribution in [-0.4, -0.2) is 19.3 Å². The van der Waals surface area contributed by atoms with Crippen LogP contribution in [0.3, 0.4) is 0 Å². The lowest BCUT2D eigenvalue weighted by atomic mass is 9.87. The van der Waals surface area contributed by atoms with Crippen molar-refractivity contribution >= 4 is 35.6 Å². The molecule has 0 N–H and O–H groups in total. The zero-order chi connectivity index (χ0) is 20.3. The summed E-state index contributed by atoms with van der Waals surface area (Å²) in [6.07, 6.45) is 14.4. The molecule has 0 aliphatic heterocycles. The first-order valence-corrected chi connectivity index (χ1v) is 14.6. The molecule has 0 aromatic heterocycles. The van der Waals surface area contributed by atoms with E-state index in [1.54, 1.807) is 21.5 Å². The van der Waals surface area contributed by atoms with Crippen LogP contribution in [0.5, 0.6) is 0 Å². The van der Waals surface area contributed by atoms with E-state index in [1.165, 1.54) is 18.5 Å². The molecule has 3 heteroatoms. The van der Waals surface area contributed by atoms with Gasteiger partial charge in [-0.25, -0.2) is 0 Å². The van der Waals surface area contributed by atoms with Crippen molar-refractivity contribution in [2.24, 2.45) is 10.8 Å². The van der Waals surface area contributed by atoms with Crippen LogP contribution in [0, 0.1) is 10.8 Å². The molecule has 0 saturated heterocycles. The monoisotopic (exact) mass is 468 g/mol. The number of hydrogen-bond acceptors (Lipinski definition) is 0. The van der Waals surface area contributed by atoms with E-state index in [1.807, 2.05) is 0 Å². The highest BCUT2D eigenvalue weighted by Crippen LogP contribution is 2.50. The molecule has 0 unspecified atom stereocenters. The van der Waals surface area contributed by atoms with Crippen LogP contribution < -0.4 is 0 Å². The number of alkyl halides is 2. The Hall–Kier alpha value is -0.0531. The summed E-state index contributed by atoms with van der Waals surface area (Å²) in [5, 5.41) is 4.71. The molecule has 0 aromatic carbocycles. The molecule has 0 nitrogen and oxygen atoms in total. The van der Waals surface area contributed by atoms with Gasteiger partial charge in [0.05, 0.1) is 0 Å². The predicted octanol–water partition coefficient (Wildman–Crippen LogP) is 8.53. The minimum atomic E-state index is -1.80. The fraction of sp³-hybridized carbons (Fsp3) is 0.667. The Bertz CT molecular complexity index is 595. The molecule has 2 rings (SSSR count). The summed E-state index contributed by atoms with van der Waals surface area (Å²) >= 11 is 9.99. The number of rotatable bonds is 8. The van der Waals surface area contributed by atoms with Crippen molar-refractivity contribution < 1.29 is 0 Å². The van der Waals surface area contributed by atoms with Gasteiger partial charge in [-0.2, -0.15) is 0 Å². The lowest BCUT2D eigenvalue weighted by Gasteiger charge is -2.41. The average molecular weight is 470 g/mol. The molecule has 0 amide bonds. The molecule has 152 valence electrons. The smallest absolute Gasteiger partial charge is 0.110 e. The molecular formula is C24H38BrClSi. The molecule has 0 radical (unpaired) electrons. The number of halogens is 2. The van der Waals surface area contributed by atoms with E-state index in [4.69, 9.17) is 11.6 Å². The number of hydrogen-bond donors (Lipinski definition) is 0. The molecule has 2 aliphatic carbocycles. The van der Waals surface area contributed by atoms with E-state index in [9.17, 15) is 0 Å². The van der Waals surface area contributed by atoms with E-state index >= 15 is 0 Å². The molecule has 0 saturated carbocycles. The molecule has 0 heterocycles. The van der Waals surface area contributed by atoms with Gasteiger partial charge in [-0.15, -0.1) is 11.6 Å². The Balaban J connectivity index is 2.72. The number of allylic oxidation sites excluding steroid dienone is 8. The maximum atomic E-state index is 6.26. The Morgan fingerprint density at radius 3 is 1.67 bits per heavy atom. The first-order chi connectivity index (χ1) is 12.6. The van der Waals surface area contributed by atoms with Crippen LogP contribution in [-0.2, 0) is 0 Å². The van der Waals surface area contributed by atoms with Gasteiger partial charge in [0.15, 0.2) is 0 Å². The summed E-state index contributed by atoms with van der Waals surface area (Å²) < 4.78 is 0. The Labute approximate surface area is 182 Å². The SMILES string of the molecule is CC(C)(C)C1=C([Si](CCCCl)(CCCBr)C2=C(C(C)(C)C)C=CC2)CC=C1. The van der Waals surface area contributed by atoms with Gasteiger partial charge < -0.3 is 0 Å². The molecular weight excluding hydrogens is 432 g/mol. The fourth-order valence-electron chi connectivity index (χ4n) is 4.97. The van der Waals surface area contributed by atoms with Crippen LogP contribution in [0.15, 0.2) is 45.8 Å². The van der Waals surface area contributed by atoms with Crippen molar-refractivity contribution in [2.45, 2.75) is 79.3 Å². The fourth-order valence-corrected chi connectivity index (χ4v) is 12.5. The van der Waals surface area contributed by atoms with Crippen molar-refractivity contribution in [1.29, 1.82) is 0 Å². The molecule has 0 atom stereocenters. The second kappa shape index (κ2) is 9.18. The predicted molar refractivity (Wildman–Crippen MR) is 130 cm³/mol. The van der Waals surface area contributed by atoms with E-state index in [0.717, 1.165) is 30.5 Å². The van der Waals surface area contributed by atoms with E-state index in [-0.39, 0.29) is 10.8 Å². The van der Waals surface area contributed by atoms with Crippen molar-refractivity contribution in [3.63, 3.8) is 0 Å². The Kier molecular flexibility index (Phi) is 7.90. The van der Waals surface area contributed by atoms with Gasteiger partial charge in [0.25, 0.3) is 0 Å². The summed E-state index contributed by atoms with van der Waals surface area (Å²) in [4.78, 5) is 0. The first kappa shape index (κ1) is 23.2. The minimum Gasteiger partial charge on any atom is -0.127 e. The molecule has 0 aromatic rings. The van der Waals surface area contributed by atoms with Crippen molar-refractivity contribution in [1.82, 2.24) is 0 Å². The van der Waals surface area contributed by atoms with E-state index in [2.05, 4.69) is 81.8 Å². The van der Waals surface area contributed by atoms with E-state index in [0.29, 0.717) is 0 Å². The maximum Gasteiger partial charge on any atom is 0.110 e. The van der Waals surface area contributed by atoms with Crippen LogP contribution in [0.2, 0.25) is 12.1 Å².